The highest BCUT2D eigenvalue weighted by molar-refractivity contribution is 5.73. The molecule has 0 radical (unpaired) electrons. The molecule has 1 aromatic rings. The third kappa shape index (κ3) is 3.99. The number of hydrazine groups is 1. The van der Waals surface area contributed by atoms with Gasteiger partial charge < -0.3 is 10.4 Å². The van der Waals surface area contributed by atoms with E-state index in [-0.39, 0.29) is 6.54 Å². The Hall–Kier alpha value is -2.24. The molecule has 0 unspecified atom stereocenters. The SMILES string of the molecule is O=CNNc1ccc(NCC(=O)O)cc1. The smallest absolute Gasteiger partial charge is 0.322 e. The van der Waals surface area contributed by atoms with Crippen LogP contribution in [0, 0.1) is 0 Å². The van der Waals surface area contributed by atoms with Crippen LogP contribution in [0.4, 0.5) is 11.4 Å². The van der Waals surface area contributed by atoms with Crippen molar-refractivity contribution in [2.45, 2.75) is 0 Å². The van der Waals surface area contributed by atoms with Crippen molar-refractivity contribution in [2.75, 3.05) is 17.3 Å². The van der Waals surface area contributed by atoms with Crippen LogP contribution in [0.1, 0.15) is 0 Å². The van der Waals surface area contributed by atoms with Gasteiger partial charge in [-0.2, -0.15) is 0 Å². The van der Waals surface area contributed by atoms with Crippen molar-refractivity contribution in [3.05, 3.63) is 24.3 Å². The molecule has 0 aliphatic carbocycles. The normalized spacial score (nSPS) is 9.07. The zero-order valence-electron chi connectivity index (χ0n) is 7.86. The minimum Gasteiger partial charge on any atom is -0.480 e. The lowest BCUT2D eigenvalue weighted by Gasteiger charge is -2.06. The lowest BCUT2D eigenvalue weighted by Crippen LogP contribution is -2.18. The maximum absolute atomic E-state index is 10.3. The van der Waals surface area contributed by atoms with Gasteiger partial charge in [0.2, 0.25) is 6.41 Å². The van der Waals surface area contributed by atoms with Gasteiger partial charge >= 0.3 is 5.97 Å². The van der Waals surface area contributed by atoms with Crippen molar-refractivity contribution in [2.24, 2.45) is 0 Å². The highest BCUT2D eigenvalue weighted by atomic mass is 16.4. The highest BCUT2D eigenvalue weighted by Crippen LogP contribution is 2.12. The third-order valence-electron chi connectivity index (χ3n) is 1.60. The van der Waals surface area contributed by atoms with Crippen molar-refractivity contribution in [1.82, 2.24) is 5.43 Å². The molecule has 0 spiro atoms. The molecular weight excluding hydrogens is 198 g/mol. The van der Waals surface area contributed by atoms with E-state index in [4.69, 9.17) is 5.11 Å². The average Bonchev–Trinajstić information content (AvgIpc) is 2.25. The number of nitrogens with one attached hydrogen (secondary N) is 3. The van der Waals surface area contributed by atoms with E-state index in [9.17, 15) is 9.59 Å². The first-order chi connectivity index (χ1) is 7.22. The largest absolute Gasteiger partial charge is 0.480 e. The lowest BCUT2D eigenvalue weighted by atomic mass is 10.3. The van der Waals surface area contributed by atoms with Crippen LogP contribution in [0.2, 0.25) is 0 Å². The Morgan fingerprint density at radius 3 is 2.40 bits per heavy atom. The second kappa shape index (κ2) is 5.48. The summed E-state index contributed by atoms with van der Waals surface area (Å²) in [6.45, 7) is -0.126. The van der Waals surface area contributed by atoms with Crippen LogP contribution in [0.25, 0.3) is 0 Å². The summed E-state index contributed by atoms with van der Waals surface area (Å²) in [5.41, 5.74) is 6.33. The molecule has 0 aromatic heterocycles. The number of carbonyl (C=O) groups is 2. The topological polar surface area (TPSA) is 90.5 Å². The molecule has 0 fully saturated rings. The van der Waals surface area contributed by atoms with E-state index < -0.39 is 5.97 Å². The van der Waals surface area contributed by atoms with E-state index in [0.29, 0.717) is 17.8 Å². The molecule has 6 heteroatoms. The molecule has 1 aromatic carbocycles. The molecule has 6 nitrogen and oxygen atoms in total. The van der Waals surface area contributed by atoms with Crippen LogP contribution < -0.4 is 16.2 Å². The first-order valence-corrected chi connectivity index (χ1v) is 4.23. The van der Waals surface area contributed by atoms with E-state index >= 15 is 0 Å². The summed E-state index contributed by atoms with van der Waals surface area (Å²) in [7, 11) is 0. The van der Waals surface area contributed by atoms with Crippen LogP contribution in [-0.4, -0.2) is 24.0 Å². The Kier molecular flexibility index (Phi) is 3.96. The van der Waals surface area contributed by atoms with Crippen LogP contribution in [0.5, 0.6) is 0 Å². The van der Waals surface area contributed by atoms with Gasteiger partial charge in [0.1, 0.15) is 6.54 Å². The third-order valence-corrected chi connectivity index (χ3v) is 1.60. The van der Waals surface area contributed by atoms with Gasteiger partial charge in [0.15, 0.2) is 0 Å². The van der Waals surface area contributed by atoms with E-state index in [2.05, 4.69) is 16.2 Å². The van der Waals surface area contributed by atoms with Gasteiger partial charge in [0.25, 0.3) is 0 Å². The van der Waals surface area contributed by atoms with Gasteiger partial charge in [-0.3, -0.25) is 20.4 Å². The number of amides is 1. The quantitative estimate of drug-likeness (QED) is 0.398. The molecule has 1 rings (SSSR count). The Morgan fingerprint density at radius 2 is 1.87 bits per heavy atom. The summed E-state index contributed by atoms with van der Waals surface area (Å²) in [5, 5.41) is 11.1. The van der Waals surface area contributed by atoms with Crippen molar-refractivity contribution >= 4 is 23.8 Å². The molecule has 80 valence electrons. The number of hydrogen-bond donors (Lipinski definition) is 4. The second-order valence-electron chi connectivity index (χ2n) is 2.71. The number of aliphatic carboxylic acids is 1. The zero-order valence-corrected chi connectivity index (χ0v) is 7.86. The summed E-state index contributed by atoms with van der Waals surface area (Å²) in [6.07, 6.45) is 0.524. The van der Waals surface area contributed by atoms with Crippen molar-refractivity contribution < 1.29 is 14.7 Å². The molecule has 0 bridgehead atoms. The minimum atomic E-state index is -0.917. The van der Waals surface area contributed by atoms with Crippen molar-refractivity contribution in [3.63, 3.8) is 0 Å². The molecule has 0 atom stereocenters. The second-order valence-corrected chi connectivity index (χ2v) is 2.71. The van der Waals surface area contributed by atoms with Gasteiger partial charge in [-0.05, 0) is 24.3 Å². The summed E-state index contributed by atoms with van der Waals surface area (Å²) >= 11 is 0. The predicted octanol–water partition coefficient (Wildman–Crippen LogP) is 0.256. The van der Waals surface area contributed by atoms with Gasteiger partial charge in [-0.15, -0.1) is 0 Å². The Bertz CT molecular complexity index is 337. The van der Waals surface area contributed by atoms with Crippen molar-refractivity contribution in [3.8, 4) is 0 Å². The maximum Gasteiger partial charge on any atom is 0.322 e. The van der Waals surface area contributed by atoms with Crippen LogP contribution in [0.3, 0.4) is 0 Å². The average molecular weight is 209 g/mol. The fourth-order valence-electron chi connectivity index (χ4n) is 0.962. The molecule has 1 amide bonds. The number of benzene rings is 1. The maximum atomic E-state index is 10.3. The Balaban J connectivity index is 2.48. The Morgan fingerprint density at radius 1 is 1.27 bits per heavy atom. The number of hydrogen-bond acceptors (Lipinski definition) is 4. The van der Waals surface area contributed by atoms with E-state index in [0.717, 1.165) is 0 Å². The van der Waals surface area contributed by atoms with Crippen molar-refractivity contribution in [1.29, 1.82) is 0 Å². The summed E-state index contributed by atoms with van der Waals surface area (Å²) in [6, 6.07) is 6.83. The van der Waals surface area contributed by atoms with E-state index in [1.807, 2.05) is 0 Å². The zero-order chi connectivity index (χ0) is 11.1. The minimum absolute atomic E-state index is 0.126. The number of carbonyl (C=O) groups excluding carboxylic acids is 1. The number of carboxylic acids is 1. The van der Waals surface area contributed by atoms with E-state index in [1.165, 1.54) is 0 Å². The molecule has 0 aliphatic rings. The molecule has 4 N–H and O–H groups in total. The van der Waals surface area contributed by atoms with Gasteiger partial charge in [-0.25, -0.2) is 0 Å². The standard InChI is InChI=1S/C9H11N3O3/c13-6-11-12-8-3-1-7(2-4-8)10-5-9(14)15/h1-4,6,10,12H,5H2,(H,11,13)(H,14,15). The summed E-state index contributed by atoms with van der Waals surface area (Å²) < 4.78 is 0. The first-order valence-electron chi connectivity index (χ1n) is 4.23. The van der Waals surface area contributed by atoms with Crippen LogP contribution >= 0.6 is 0 Å². The van der Waals surface area contributed by atoms with Gasteiger partial charge in [0, 0.05) is 5.69 Å². The fourth-order valence-corrected chi connectivity index (χ4v) is 0.962. The number of anilines is 2. The molecular formula is C9H11N3O3. The molecule has 0 saturated carbocycles. The number of carboxylic acid groups (broad SMARTS) is 1. The summed E-state index contributed by atoms with van der Waals surface area (Å²) in [4.78, 5) is 20.2. The monoisotopic (exact) mass is 209 g/mol. The first kappa shape index (κ1) is 10.8. The molecule has 0 saturated heterocycles. The number of rotatable bonds is 6. The fraction of sp³-hybridized carbons (Fsp3) is 0.111. The molecule has 15 heavy (non-hydrogen) atoms. The highest BCUT2D eigenvalue weighted by Gasteiger charge is 1.96. The predicted molar refractivity (Wildman–Crippen MR) is 55.4 cm³/mol. The lowest BCUT2D eigenvalue weighted by molar-refractivity contribution is -0.134. The van der Waals surface area contributed by atoms with Gasteiger partial charge in [-0.1, -0.05) is 0 Å². The summed E-state index contributed by atoms with van der Waals surface area (Å²) in [5.74, 6) is -0.917. The van der Waals surface area contributed by atoms with Crippen LogP contribution in [0.15, 0.2) is 24.3 Å². The van der Waals surface area contributed by atoms with E-state index in [1.54, 1.807) is 24.3 Å². The van der Waals surface area contributed by atoms with Crippen LogP contribution in [-0.2, 0) is 9.59 Å². The molecule has 0 heterocycles. The molecule has 0 aliphatic heterocycles. The van der Waals surface area contributed by atoms with Gasteiger partial charge in [0.05, 0.1) is 5.69 Å². The Labute approximate surface area is 86.3 Å².